The molecule has 2 aromatic heterocycles. The second kappa shape index (κ2) is 8.88. The Morgan fingerprint density at radius 2 is 1.87 bits per heavy atom. The summed E-state index contributed by atoms with van der Waals surface area (Å²) in [5.41, 5.74) is 4.56. The largest absolute Gasteiger partial charge is 0.378 e. The maximum absolute atomic E-state index is 5.76. The summed E-state index contributed by atoms with van der Waals surface area (Å²) in [7, 11) is 4.12. The predicted molar refractivity (Wildman–Crippen MR) is 127 cm³/mol. The monoisotopic (exact) mass is 419 g/mol. The van der Waals surface area contributed by atoms with Crippen LogP contribution in [0.25, 0.3) is 5.69 Å². The Bertz CT molecular complexity index is 980. The molecule has 0 saturated carbocycles. The third-order valence-electron chi connectivity index (χ3n) is 5.68. The Morgan fingerprint density at radius 3 is 2.53 bits per heavy atom. The van der Waals surface area contributed by atoms with E-state index in [1.54, 1.807) is 0 Å². The fourth-order valence-corrected chi connectivity index (χ4v) is 4.41. The number of nitrogens with one attached hydrogen (secondary N) is 1. The van der Waals surface area contributed by atoms with E-state index < -0.39 is 0 Å². The molecule has 6 heteroatoms. The van der Waals surface area contributed by atoms with Gasteiger partial charge in [0, 0.05) is 50.1 Å². The maximum atomic E-state index is 5.76. The van der Waals surface area contributed by atoms with Crippen LogP contribution in [0.2, 0.25) is 0 Å². The van der Waals surface area contributed by atoms with Crippen molar-refractivity contribution in [3.63, 3.8) is 0 Å². The van der Waals surface area contributed by atoms with Gasteiger partial charge in [-0.25, -0.2) is 0 Å². The van der Waals surface area contributed by atoms with Crippen molar-refractivity contribution in [3.8, 4) is 5.69 Å². The fourth-order valence-electron chi connectivity index (χ4n) is 4.08. The lowest BCUT2D eigenvalue weighted by molar-refractivity contribution is 0.304. The van der Waals surface area contributed by atoms with Gasteiger partial charge in [0.2, 0.25) is 0 Å². The van der Waals surface area contributed by atoms with Gasteiger partial charge in [-0.15, -0.1) is 0 Å². The number of nitrogens with zero attached hydrogens (tertiary/aromatic N) is 4. The molecule has 2 atom stereocenters. The van der Waals surface area contributed by atoms with Gasteiger partial charge in [-0.2, -0.15) is 0 Å². The molecule has 156 valence electrons. The molecule has 0 bridgehead atoms. The second-order valence-corrected chi connectivity index (χ2v) is 8.27. The number of thiocarbonyl (C=S) groups is 1. The Hall–Kier alpha value is -2.86. The molecule has 30 heavy (non-hydrogen) atoms. The topological polar surface area (TPSA) is 36.3 Å². The Balaban J connectivity index is 1.75. The molecule has 0 amide bonds. The van der Waals surface area contributed by atoms with Gasteiger partial charge in [-0.1, -0.05) is 19.4 Å². The molecular weight excluding hydrogens is 390 g/mol. The number of aromatic nitrogens is 2. The highest BCUT2D eigenvalue weighted by Gasteiger charge is 2.40. The summed E-state index contributed by atoms with van der Waals surface area (Å²) in [5.74, 6) is 0. The van der Waals surface area contributed by atoms with E-state index in [2.05, 4.69) is 94.3 Å². The third kappa shape index (κ3) is 3.92. The molecule has 3 heterocycles. The first kappa shape index (κ1) is 20.4. The molecule has 1 aromatic carbocycles. The zero-order valence-electron chi connectivity index (χ0n) is 17.8. The van der Waals surface area contributed by atoms with Crippen LogP contribution in [-0.4, -0.2) is 40.2 Å². The van der Waals surface area contributed by atoms with Crippen LogP contribution >= 0.6 is 12.2 Å². The van der Waals surface area contributed by atoms with Crippen molar-refractivity contribution in [2.24, 2.45) is 0 Å². The molecule has 1 aliphatic rings. The van der Waals surface area contributed by atoms with Crippen LogP contribution < -0.4 is 10.2 Å². The summed E-state index contributed by atoms with van der Waals surface area (Å²) in [4.78, 5) is 9.09. The molecule has 5 nitrogen and oxygen atoms in total. The van der Waals surface area contributed by atoms with Crippen molar-refractivity contribution in [3.05, 3.63) is 78.4 Å². The highest BCUT2D eigenvalue weighted by Crippen LogP contribution is 2.39. The van der Waals surface area contributed by atoms with E-state index in [0.717, 1.165) is 35.9 Å². The SMILES string of the molecule is CCCCN1C(=S)N[C@H](c2ccccn2)[C@H]1c1cccn1-c1ccc(N(C)C)cc1. The number of hydrogen-bond acceptors (Lipinski definition) is 3. The highest BCUT2D eigenvalue weighted by molar-refractivity contribution is 7.80. The Morgan fingerprint density at radius 1 is 1.07 bits per heavy atom. The minimum Gasteiger partial charge on any atom is -0.378 e. The van der Waals surface area contributed by atoms with Gasteiger partial charge in [-0.05, 0) is 67.2 Å². The standard InChI is InChI=1S/C24H29N5S/c1-4-5-16-29-23(22(26-24(29)30)20-9-6-7-15-25-20)21-10-8-17-28(21)19-13-11-18(12-14-19)27(2)3/h6-15,17,22-23H,4-5,16H2,1-3H3,(H,26,30)/t22-,23-/m1/s1. The van der Waals surface area contributed by atoms with Crippen LogP contribution in [-0.2, 0) is 0 Å². The first-order chi connectivity index (χ1) is 14.6. The minimum atomic E-state index is 0.0188. The molecule has 3 aromatic rings. The van der Waals surface area contributed by atoms with Gasteiger partial charge in [-0.3, -0.25) is 4.98 Å². The van der Waals surface area contributed by atoms with Crippen LogP contribution in [0.15, 0.2) is 67.0 Å². The molecule has 4 rings (SSSR count). The molecule has 1 N–H and O–H groups in total. The van der Waals surface area contributed by atoms with Crippen LogP contribution in [0.3, 0.4) is 0 Å². The number of pyridine rings is 1. The second-order valence-electron chi connectivity index (χ2n) is 7.89. The van der Waals surface area contributed by atoms with E-state index in [0.29, 0.717) is 0 Å². The third-order valence-corrected chi connectivity index (χ3v) is 6.03. The van der Waals surface area contributed by atoms with Gasteiger partial charge in [0.15, 0.2) is 5.11 Å². The van der Waals surface area contributed by atoms with E-state index in [1.807, 2.05) is 18.3 Å². The van der Waals surface area contributed by atoms with E-state index in [1.165, 1.54) is 11.4 Å². The molecule has 1 fully saturated rings. The van der Waals surface area contributed by atoms with Crippen molar-refractivity contribution in [1.82, 2.24) is 19.8 Å². The van der Waals surface area contributed by atoms with E-state index in [4.69, 9.17) is 12.2 Å². The Kier molecular flexibility index (Phi) is 6.04. The minimum absolute atomic E-state index is 0.0188. The summed E-state index contributed by atoms with van der Waals surface area (Å²) in [6, 6.07) is 19.1. The number of hydrogen-bond donors (Lipinski definition) is 1. The van der Waals surface area contributed by atoms with E-state index >= 15 is 0 Å². The van der Waals surface area contributed by atoms with Crippen molar-refractivity contribution in [1.29, 1.82) is 0 Å². The first-order valence-electron chi connectivity index (χ1n) is 10.5. The molecule has 0 radical (unpaired) electrons. The van der Waals surface area contributed by atoms with Gasteiger partial charge < -0.3 is 19.7 Å². The zero-order chi connectivity index (χ0) is 21.1. The number of unbranched alkanes of at least 4 members (excludes halogenated alkanes) is 1. The van der Waals surface area contributed by atoms with Crippen LogP contribution in [0.5, 0.6) is 0 Å². The summed E-state index contributed by atoms with van der Waals surface area (Å²) in [6.45, 7) is 3.15. The van der Waals surface area contributed by atoms with E-state index in [9.17, 15) is 0 Å². The van der Waals surface area contributed by atoms with Crippen LogP contribution in [0, 0.1) is 0 Å². The number of benzene rings is 1. The molecule has 0 aliphatic carbocycles. The van der Waals surface area contributed by atoms with Crippen molar-refractivity contribution < 1.29 is 0 Å². The number of rotatable bonds is 7. The van der Waals surface area contributed by atoms with Crippen LogP contribution in [0.4, 0.5) is 5.69 Å². The first-order valence-corrected chi connectivity index (χ1v) is 10.9. The average molecular weight is 420 g/mol. The van der Waals surface area contributed by atoms with Crippen molar-refractivity contribution in [2.75, 3.05) is 25.5 Å². The predicted octanol–water partition coefficient (Wildman–Crippen LogP) is 4.71. The van der Waals surface area contributed by atoms with E-state index in [-0.39, 0.29) is 12.1 Å². The van der Waals surface area contributed by atoms with Crippen molar-refractivity contribution >= 4 is 23.0 Å². The summed E-state index contributed by atoms with van der Waals surface area (Å²) < 4.78 is 2.27. The van der Waals surface area contributed by atoms with Gasteiger partial charge >= 0.3 is 0 Å². The van der Waals surface area contributed by atoms with Gasteiger partial charge in [0.05, 0.1) is 17.8 Å². The van der Waals surface area contributed by atoms with Gasteiger partial charge in [0.25, 0.3) is 0 Å². The number of anilines is 1. The molecular formula is C24H29N5S. The van der Waals surface area contributed by atoms with Crippen LogP contribution in [0.1, 0.15) is 43.2 Å². The lowest BCUT2D eigenvalue weighted by Gasteiger charge is -2.29. The summed E-state index contributed by atoms with van der Waals surface area (Å²) in [6.07, 6.45) is 6.22. The normalized spacial score (nSPS) is 18.5. The molecule has 0 spiro atoms. The average Bonchev–Trinajstić information content (AvgIpc) is 3.37. The highest BCUT2D eigenvalue weighted by atomic mass is 32.1. The molecule has 1 saturated heterocycles. The quantitative estimate of drug-likeness (QED) is 0.561. The summed E-state index contributed by atoms with van der Waals surface area (Å²) >= 11 is 5.76. The zero-order valence-corrected chi connectivity index (χ0v) is 18.6. The van der Waals surface area contributed by atoms with Gasteiger partial charge in [0.1, 0.15) is 0 Å². The Labute approximate surface area is 184 Å². The molecule has 1 aliphatic heterocycles. The lowest BCUT2D eigenvalue weighted by atomic mass is 10.0. The summed E-state index contributed by atoms with van der Waals surface area (Å²) in [5, 5.41) is 4.35. The fraction of sp³-hybridized carbons (Fsp3) is 0.333. The van der Waals surface area contributed by atoms with Crippen molar-refractivity contribution in [2.45, 2.75) is 31.8 Å². The molecule has 0 unspecified atom stereocenters. The smallest absolute Gasteiger partial charge is 0.170 e. The lowest BCUT2D eigenvalue weighted by Crippen LogP contribution is -2.31. The maximum Gasteiger partial charge on any atom is 0.170 e.